The highest BCUT2D eigenvalue weighted by atomic mass is 16.5. The Balaban J connectivity index is 1.52. The Hall–Kier alpha value is -3.52. The number of amides is 1. The molecule has 2 N–H and O–H groups in total. The Kier molecular flexibility index (Phi) is 4.33. The number of para-hydroxylation sites is 1. The molecule has 0 radical (unpaired) electrons. The molecule has 146 valence electrons. The van der Waals surface area contributed by atoms with Gasteiger partial charge in [-0.15, -0.1) is 0 Å². The monoisotopic (exact) mass is 388 g/mol. The molecule has 1 aliphatic heterocycles. The number of benzene rings is 2. The highest BCUT2D eigenvalue weighted by molar-refractivity contribution is 6.07. The summed E-state index contributed by atoms with van der Waals surface area (Å²) in [5.41, 5.74) is 4.09. The topological polar surface area (TPSA) is 96.0 Å². The minimum atomic E-state index is -0.0291. The standard InChI is InChI=1S/C21H20N6O2/c1-13-3-2-4-14-11-22-21(25-19(13)14)24-15-9-16(17-12-23-26-18(17)10-15)20(28)27-5-7-29-8-6-27/h2-4,9-12H,5-8H2,1H3,(H,23,26)(H,22,24,25). The molecule has 5 rings (SSSR count). The summed E-state index contributed by atoms with van der Waals surface area (Å²) in [5.74, 6) is 0.453. The van der Waals surface area contributed by atoms with Crippen molar-refractivity contribution >= 4 is 39.3 Å². The number of ether oxygens (including phenoxy) is 1. The zero-order valence-corrected chi connectivity index (χ0v) is 16.0. The SMILES string of the molecule is Cc1cccc2cnc(Nc3cc(C(=O)N4CCOCC4)c4cn[nH]c4c3)nc12. The molecule has 4 aromatic rings. The van der Waals surface area contributed by atoms with E-state index in [4.69, 9.17) is 4.74 Å². The molecule has 3 heterocycles. The van der Waals surface area contributed by atoms with Gasteiger partial charge in [-0.2, -0.15) is 5.10 Å². The maximum absolute atomic E-state index is 13.1. The molecule has 0 bridgehead atoms. The van der Waals surface area contributed by atoms with Crippen LogP contribution in [0.4, 0.5) is 11.6 Å². The molecule has 1 saturated heterocycles. The summed E-state index contributed by atoms with van der Waals surface area (Å²) in [7, 11) is 0. The van der Waals surface area contributed by atoms with E-state index in [0.717, 1.165) is 33.1 Å². The fraction of sp³-hybridized carbons (Fsp3) is 0.238. The van der Waals surface area contributed by atoms with Gasteiger partial charge in [0.2, 0.25) is 5.95 Å². The van der Waals surface area contributed by atoms with Gasteiger partial charge in [-0.1, -0.05) is 18.2 Å². The first-order valence-electron chi connectivity index (χ1n) is 9.52. The third kappa shape index (κ3) is 3.27. The van der Waals surface area contributed by atoms with Crippen LogP contribution in [-0.2, 0) is 4.74 Å². The van der Waals surface area contributed by atoms with E-state index in [1.807, 2.05) is 42.2 Å². The molecule has 0 atom stereocenters. The van der Waals surface area contributed by atoms with Gasteiger partial charge in [0.15, 0.2) is 0 Å². The molecule has 29 heavy (non-hydrogen) atoms. The number of carbonyl (C=O) groups is 1. The van der Waals surface area contributed by atoms with Gasteiger partial charge in [0, 0.05) is 35.7 Å². The molecular weight excluding hydrogens is 368 g/mol. The number of H-pyrrole nitrogens is 1. The molecule has 0 saturated carbocycles. The van der Waals surface area contributed by atoms with E-state index in [1.54, 1.807) is 12.4 Å². The molecule has 1 aliphatic rings. The van der Waals surface area contributed by atoms with Crippen molar-refractivity contribution in [3.8, 4) is 0 Å². The third-order valence-electron chi connectivity index (χ3n) is 5.16. The molecule has 2 aromatic heterocycles. The lowest BCUT2D eigenvalue weighted by atomic mass is 10.1. The quantitative estimate of drug-likeness (QED) is 0.560. The highest BCUT2D eigenvalue weighted by Gasteiger charge is 2.22. The second-order valence-corrected chi connectivity index (χ2v) is 7.09. The molecule has 0 unspecified atom stereocenters. The average molecular weight is 388 g/mol. The molecule has 0 aliphatic carbocycles. The molecule has 0 spiro atoms. The van der Waals surface area contributed by atoms with E-state index in [9.17, 15) is 4.79 Å². The van der Waals surface area contributed by atoms with Crippen molar-refractivity contribution in [2.24, 2.45) is 0 Å². The van der Waals surface area contributed by atoms with Crippen LogP contribution in [0, 0.1) is 6.92 Å². The summed E-state index contributed by atoms with van der Waals surface area (Å²) in [6.07, 6.45) is 3.48. The first-order valence-corrected chi connectivity index (χ1v) is 9.52. The fourth-order valence-electron chi connectivity index (χ4n) is 3.63. The summed E-state index contributed by atoms with van der Waals surface area (Å²) < 4.78 is 5.36. The summed E-state index contributed by atoms with van der Waals surface area (Å²) in [6, 6.07) is 9.74. The lowest BCUT2D eigenvalue weighted by molar-refractivity contribution is 0.0304. The van der Waals surface area contributed by atoms with Crippen LogP contribution in [0.15, 0.2) is 42.7 Å². The van der Waals surface area contributed by atoms with Gasteiger partial charge >= 0.3 is 0 Å². The van der Waals surface area contributed by atoms with Crippen LogP contribution in [0.2, 0.25) is 0 Å². The van der Waals surface area contributed by atoms with Crippen LogP contribution < -0.4 is 5.32 Å². The second-order valence-electron chi connectivity index (χ2n) is 7.09. The van der Waals surface area contributed by atoms with Crippen molar-refractivity contribution in [2.45, 2.75) is 6.92 Å². The number of aryl methyl sites for hydroxylation is 1. The van der Waals surface area contributed by atoms with Crippen molar-refractivity contribution in [3.05, 3.63) is 53.9 Å². The number of nitrogens with one attached hydrogen (secondary N) is 2. The number of anilines is 2. The molecule has 8 nitrogen and oxygen atoms in total. The summed E-state index contributed by atoms with van der Waals surface area (Å²) >= 11 is 0. The van der Waals surface area contributed by atoms with Gasteiger partial charge in [-0.05, 0) is 24.6 Å². The van der Waals surface area contributed by atoms with E-state index >= 15 is 0 Å². The summed E-state index contributed by atoms with van der Waals surface area (Å²) in [5, 5.41) is 12.1. The van der Waals surface area contributed by atoms with E-state index in [-0.39, 0.29) is 5.91 Å². The molecule has 1 fully saturated rings. The molecular formula is C21H20N6O2. The zero-order chi connectivity index (χ0) is 19.8. The minimum absolute atomic E-state index is 0.0291. The maximum Gasteiger partial charge on any atom is 0.254 e. The van der Waals surface area contributed by atoms with Gasteiger partial charge in [0.25, 0.3) is 5.91 Å². The average Bonchev–Trinajstić information content (AvgIpc) is 3.22. The lowest BCUT2D eigenvalue weighted by Gasteiger charge is -2.27. The van der Waals surface area contributed by atoms with Crippen LogP contribution in [-0.4, -0.2) is 57.3 Å². The minimum Gasteiger partial charge on any atom is -0.378 e. The normalized spacial score (nSPS) is 14.4. The number of fused-ring (bicyclic) bond motifs is 2. The van der Waals surface area contributed by atoms with Crippen LogP contribution in [0.1, 0.15) is 15.9 Å². The largest absolute Gasteiger partial charge is 0.378 e. The number of aromatic amines is 1. The lowest BCUT2D eigenvalue weighted by Crippen LogP contribution is -2.40. The number of aromatic nitrogens is 4. The number of morpholine rings is 1. The Labute approximate surface area is 166 Å². The Morgan fingerprint density at radius 1 is 1.21 bits per heavy atom. The van der Waals surface area contributed by atoms with Gasteiger partial charge < -0.3 is 15.0 Å². The first-order chi connectivity index (χ1) is 14.2. The number of hydrogen-bond donors (Lipinski definition) is 2. The number of carbonyl (C=O) groups excluding carboxylic acids is 1. The summed E-state index contributed by atoms with van der Waals surface area (Å²) in [4.78, 5) is 24.0. The van der Waals surface area contributed by atoms with Gasteiger partial charge in [0.05, 0.1) is 36.0 Å². The Morgan fingerprint density at radius 2 is 2.07 bits per heavy atom. The van der Waals surface area contributed by atoms with Gasteiger partial charge in [-0.3, -0.25) is 9.89 Å². The van der Waals surface area contributed by atoms with E-state index in [2.05, 4.69) is 25.5 Å². The van der Waals surface area contributed by atoms with Crippen LogP contribution in [0.5, 0.6) is 0 Å². The highest BCUT2D eigenvalue weighted by Crippen LogP contribution is 2.26. The summed E-state index contributed by atoms with van der Waals surface area (Å²) in [6.45, 7) is 4.31. The van der Waals surface area contributed by atoms with E-state index in [0.29, 0.717) is 37.8 Å². The van der Waals surface area contributed by atoms with E-state index in [1.165, 1.54) is 0 Å². The van der Waals surface area contributed by atoms with Crippen molar-refractivity contribution in [3.63, 3.8) is 0 Å². The van der Waals surface area contributed by atoms with Crippen molar-refractivity contribution in [1.29, 1.82) is 0 Å². The predicted octanol–water partition coefficient (Wildman–Crippen LogP) is 3.03. The smallest absolute Gasteiger partial charge is 0.254 e. The zero-order valence-electron chi connectivity index (χ0n) is 16.0. The van der Waals surface area contributed by atoms with Crippen molar-refractivity contribution in [2.75, 3.05) is 31.6 Å². The molecule has 1 amide bonds. The van der Waals surface area contributed by atoms with Gasteiger partial charge in [0.1, 0.15) is 0 Å². The fourth-order valence-corrected chi connectivity index (χ4v) is 3.63. The van der Waals surface area contributed by atoms with Gasteiger partial charge in [-0.25, -0.2) is 9.97 Å². The second kappa shape index (κ2) is 7.14. The Morgan fingerprint density at radius 3 is 2.93 bits per heavy atom. The Bertz CT molecular complexity index is 1210. The number of hydrogen-bond acceptors (Lipinski definition) is 6. The van der Waals surface area contributed by atoms with Crippen molar-refractivity contribution < 1.29 is 9.53 Å². The van der Waals surface area contributed by atoms with E-state index < -0.39 is 0 Å². The van der Waals surface area contributed by atoms with Crippen LogP contribution >= 0.6 is 0 Å². The number of nitrogens with zero attached hydrogens (tertiary/aromatic N) is 4. The first kappa shape index (κ1) is 17.6. The predicted molar refractivity (Wildman–Crippen MR) is 110 cm³/mol. The third-order valence-corrected chi connectivity index (χ3v) is 5.16. The molecule has 2 aromatic carbocycles. The van der Waals surface area contributed by atoms with Crippen LogP contribution in [0.25, 0.3) is 21.8 Å². The van der Waals surface area contributed by atoms with Crippen LogP contribution in [0.3, 0.4) is 0 Å². The molecule has 8 heteroatoms. The van der Waals surface area contributed by atoms with Crippen molar-refractivity contribution in [1.82, 2.24) is 25.1 Å². The maximum atomic E-state index is 13.1. The number of rotatable bonds is 3.